The van der Waals surface area contributed by atoms with Crippen LogP contribution in [0.1, 0.15) is 13.8 Å². The van der Waals surface area contributed by atoms with Gasteiger partial charge in [0.05, 0.1) is 0 Å². The van der Waals surface area contributed by atoms with Crippen molar-refractivity contribution >= 4 is 21.9 Å². The molecule has 2 N–H and O–H groups in total. The number of halogens is 1. The lowest BCUT2D eigenvalue weighted by molar-refractivity contribution is -0.151. The number of carbonyl (C=O) groups is 1. The Kier molecular flexibility index (Phi) is 3.89. The summed E-state index contributed by atoms with van der Waals surface area (Å²) in [5, 5.41) is 0.219. The molecule has 0 aromatic heterocycles. The zero-order valence-electron chi connectivity index (χ0n) is 6.19. The molecule has 0 spiro atoms. The molecule has 0 heterocycles. The number of hydrogen-bond donors (Lipinski definition) is 1. The van der Waals surface area contributed by atoms with Crippen molar-refractivity contribution in [1.29, 1.82) is 0 Å². The summed E-state index contributed by atoms with van der Waals surface area (Å²) in [4.78, 5) is 10.7. The van der Waals surface area contributed by atoms with Crippen LogP contribution in [0.15, 0.2) is 0 Å². The second kappa shape index (κ2) is 3.93. The highest BCUT2D eigenvalue weighted by Crippen LogP contribution is 2.06. The molecule has 0 radical (unpaired) electrons. The summed E-state index contributed by atoms with van der Waals surface area (Å²) in [6.45, 7) is 3.88. The maximum absolute atomic E-state index is 10.7. The minimum absolute atomic E-state index is 0.219. The summed E-state index contributed by atoms with van der Waals surface area (Å²) in [5.41, 5.74) is 4.78. The molecule has 0 aromatic carbocycles. The Balaban J connectivity index is 3.76. The molecule has 0 bridgehead atoms. The lowest BCUT2D eigenvalue weighted by Crippen LogP contribution is -2.36. The number of hydrogen-bond acceptors (Lipinski definition) is 3. The van der Waals surface area contributed by atoms with Crippen molar-refractivity contribution in [3.8, 4) is 0 Å². The summed E-state index contributed by atoms with van der Waals surface area (Å²) in [6, 6.07) is 0. The van der Waals surface area contributed by atoms with Gasteiger partial charge in [0.2, 0.25) is 0 Å². The van der Waals surface area contributed by atoms with E-state index in [0.717, 1.165) is 0 Å². The standard InChI is InChI=1S/C6H12BrNO2/c1-6(2,4-8)10-5(9)3-7/h3-4,8H2,1-2H3. The average molecular weight is 210 g/mol. The predicted octanol–water partition coefficient (Wildman–Crippen LogP) is 0.662. The van der Waals surface area contributed by atoms with Crippen molar-refractivity contribution in [2.45, 2.75) is 19.4 Å². The van der Waals surface area contributed by atoms with Crippen LogP contribution in [0.25, 0.3) is 0 Å². The predicted molar refractivity (Wildman–Crippen MR) is 43.0 cm³/mol. The smallest absolute Gasteiger partial charge is 0.317 e. The SMILES string of the molecule is CC(C)(CN)OC(=O)CBr. The molecule has 10 heavy (non-hydrogen) atoms. The normalized spacial score (nSPS) is 11.2. The van der Waals surface area contributed by atoms with E-state index < -0.39 is 5.60 Å². The molecule has 0 saturated heterocycles. The fourth-order valence-corrected chi connectivity index (χ4v) is 0.492. The maximum atomic E-state index is 10.7. The molecule has 0 aliphatic heterocycles. The highest BCUT2D eigenvalue weighted by molar-refractivity contribution is 9.09. The minimum atomic E-state index is -0.537. The Morgan fingerprint density at radius 1 is 1.70 bits per heavy atom. The van der Waals surface area contributed by atoms with Gasteiger partial charge >= 0.3 is 5.97 Å². The number of rotatable bonds is 3. The fraction of sp³-hybridized carbons (Fsp3) is 0.833. The van der Waals surface area contributed by atoms with E-state index in [4.69, 9.17) is 10.5 Å². The second-order valence-electron chi connectivity index (χ2n) is 2.57. The Labute approximate surface area is 69.0 Å². The van der Waals surface area contributed by atoms with Gasteiger partial charge < -0.3 is 10.5 Å². The molecule has 0 aliphatic rings. The first-order valence-electron chi connectivity index (χ1n) is 2.99. The maximum Gasteiger partial charge on any atom is 0.317 e. The van der Waals surface area contributed by atoms with Crippen LogP contribution < -0.4 is 5.73 Å². The number of alkyl halides is 1. The van der Waals surface area contributed by atoms with E-state index in [1.807, 2.05) is 0 Å². The van der Waals surface area contributed by atoms with Crippen LogP contribution in [0.3, 0.4) is 0 Å². The third-order valence-electron chi connectivity index (χ3n) is 0.991. The molecule has 0 amide bonds. The van der Waals surface area contributed by atoms with Gasteiger partial charge in [-0.1, -0.05) is 15.9 Å². The lowest BCUT2D eigenvalue weighted by Gasteiger charge is -2.22. The molecular formula is C6H12BrNO2. The van der Waals surface area contributed by atoms with E-state index in [-0.39, 0.29) is 11.3 Å². The fourth-order valence-electron chi connectivity index (χ4n) is 0.377. The van der Waals surface area contributed by atoms with Crippen molar-refractivity contribution in [3.05, 3.63) is 0 Å². The summed E-state index contributed by atoms with van der Waals surface area (Å²) < 4.78 is 4.93. The van der Waals surface area contributed by atoms with Crippen molar-refractivity contribution in [1.82, 2.24) is 0 Å². The van der Waals surface area contributed by atoms with Gasteiger partial charge in [-0.3, -0.25) is 4.79 Å². The van der Waals surface area contributed by atoms with Crippen LogP contribution in [-0.4, -0.2) is 23.4 Å². The molecule has 0 aromatic rings. The Hall–Kier alpha value is -0.0900. The summed E-state index contributed by atoms with van der Waals surface area (Å²) >= 11 is 2.98. The molecule has 3 nitrogen and oxygen atoms in total. The number of ether oxygens (including phenoxy) is 1. The number of carbonyl (C=O) groups excluding carboxylic acids is 1. The van der Waals surface area contributed by atoms with Crippen molar-refractivity contribution in [2.75, 3.05) is 11.9 Å². The third kappa shape index (κ3) is 3.85. The quantitative estimate of drug-likeness (QED) is 0.550. The first-order chi connectivity index (χ1) is 4.52. The van der Waals surface area contributed by atoms with Crippen LogP contribution in [0.4, 0.5) is 0 Å². The van der Waals surface area contributed by atoms with E-state index in [1.54, 1.807) is 13.8 Å². The zero-order chi connectivity index (χ0) is 8.20. The molecule has 0 aliphatic carbocycles. The van der Waals surface area contributed by atoms with Crippen LogP contribution in [0.2, 0.25) is 0 Å². The molecule has 4 heteroatoms. The van der Waals surface area contributed by atoms with E-state index >= 15 is 0 Å². The van der Waals surface area contributed by atoms with Gasteiger partial charge in [0, 0.05) is 6.54 Å². The first-order valence-corrected chi connectivity index (χ1v) is 4.12. The molecular weight excluding hydrogens is 198 g/mol. The highest BCUT2D eigenvalue weighted by atomic mass is 79.9. The highest BCUT2D eigenvalue weighted by Gasteiger charge is 2.19. The molecule has 0 unspecified atom stereocenters. The van der Waals surface area contributed by atoms with E-state index in [9.17, 15) is 4.79 Å². The third-order valence-corrected chi connectivity index (χ3v) is 1.45. The number of nitrogens with two attached hydrogens (primary N) is 1. The lowest BCUT2D eigenvalue weighted by atomic mass is 10.1. The average Bonchev–Trinajstić information content (AvgIpc) is 1.87. The van der Waals surface area contributed by atoms with Crippen molar-refractivity contribution in [2.24, 2.45) is 5.73 Å². The van der Waals surface area contributed by atoms with Gasteiger partial charge in [0.25, 0.3) is 0 Å². The molecule has 0 atom stereocenters. The first kappa shape index (κ1) is 9.91. The Morgan fingerprint density at radius 3 is 2.50 bits per heavy atom. The largest absolute Gasteiger partial charge is 0.458 e. The summed E-state index contributed by atoms with van der Waals surface area (Å²) in [6.07, 6.45) is 0. The molecule has 0 rings (SSSR count). The van der Waals surface area contributed by atoms with E-state index in [2.05, 4.69) is 15.9 Å². The Morgan fingerprint density at radius 2 is 2.20 bits per heavy atom. The Bertz CT molecular complexity index is 125. The van der Waals surface area contributed by atoms with E-state index in [1.165, 1.54) is 0 Å². The van der Waals surface area contributed by atoms with Crippen molar-refractivity contribution < 1.29 is 9.53 Å². The van der Waals surface area contributed by atoms with Crippen LogP contribution in [-0.2, 0) is 9.53 Å². The second-order valence-corrected chi connectivity index (χ2v) is 3.13. The monoisotopic (exact) mass is 209 g/mol. The van der Waals surface area contributed by atoms with Gasteiger partial charge in [0.15, 0.2) is 0 Å². The zero-order valence-corrected chi connectivity index (χ0v) is 7.77. The van der Waals surface area contributed by atoms with Crippen LogP contribution in [0.5, 0.6) is 0 Å². The van der Waals surface area contributed by atoms with Crippen LogP contribution >= 0.6 is 15.9 Å². The molecule has 60 valence electrons. The summed E-state index contributed by atoms with van der Waals surface area (Å²) in [5.74, 6) is -0.282. The van der Waals surface area contributed by atoms with Gasteiger partial charge in [-0.25, -0.2) is 0 Å². The summed E-state index contributed by atoms with van der Waals surface area (Å²) in [7, 11) is 0. The van der Waals surface area contributed by atoms with Crippen LogP contribution in [0, 0.1) is 0 Å². The minimum Gasteiger partial charge on any atom is -0.458 e. The van der Waals surface area contributed by atoms with Gasteiger partial charge in [-0.2, -0.15) is 0 Å². The topological polar surface area (TPSA) is 52.3 Å². The van der Waals surface area contributed by atoms with Gasteiger partial charge in [0.1, 0.15) is 10.9 Å². The number of esters is 1. The molecule has 0 saturated carbocycles. The molecule has 0 fully saturated rings. The van der Waals surface area contributed by atoms with Gasteiger partial charge in [-0.15, -0.1) is 0 Å². The van der Waals surface area contributed by atoms with Gasteiger partial charge in [-0.05, 0) is 13.8 Å². The van der Waals surface area contributed by atoms with E-state index in [0.29, 0.717) is 6.54 Å². The van der Waals surface area contributed by atoms with Crippen molar-refractivity contribution in [3.63, 3.8) is 0 Å².